The Bertz CT molecular complexity index is 160. The van der Waals surface area contributed by atoms with E-state index in [1.807, 2.05) is 25.3 Å². The Labute approximate surface area is 53.8 Å². The average Bonchev–Trinajstić information content (AvgIpc) is 2.37. The first-order valence-corrected chi connectivity index (χ1v) is 2.83. The third-order valence-corrected chi connectivity index (χ3v) is 1.26. The van der Waals surface area contributed by atoms with Crippen LogP contribution >= 0.6 is 0 Å². The van der Waals surface area contributed by atoms with Gasteiger partial charge in [0.05, 0.1) is 0 Å². The van der Waals surface area contributed by atoms with E-state index in [0.717, 1.165) is 5.69 Å². The van der Waals surface area contributed by atoms with Crippen molar-refractivity contribution in [3.05, 3.63) is 24.0 Å². The van der Waals surface area contributed by atoms with Crippen LogP contribution in [0.5, 0.6) is 0 Å². The molecule has 50 valence electrons. The smallest absolute Gasteiger partial charge is 0.116 e. The molecule has 0 saturated heterocycles. The lowest BCUT2D eigenvalue weighted by molar-refractivity contribution is 0.0638. The molecular weight excluding hydrogens is 116 g/mol. The van der Waals surface area contributed by atoms with E-state index in [0.29, 0.717) is 0 Å². The molecule has 0 spiro atoms. The number of nitrogens with one attached hydrogen (secondary N) is 1. The molecule has 0 aliphatic carbocycles. The second-order valence-corrected chi connectivity index (χ2v) is 1.90. The van der Waals surface area contributed by atoms with Crippen molar-refractivity contribution < 1.29 is 4.84 Å². The Balaban J connectivity index is 2.65. The van der Waals surface area contributed by atoms with Crippen LogP contribution in [0.1, 0.15) is 18.7 Å². The molecule has 0 aliphatic heterocycles. The summed E-state index contributed by atoms with van der Waals surface area (Å²) in [5.74, 6) is 4.94. The first kappa shape index (κ1) is 6.32. The lowest BCUT2D eigenvalue weighted by atomic mass is 10.3. The molecule has 0 aliphatic rings. The van der Waals surface area contributed by atoms with Crippen molar-refractivity contribution in [1.29, 1.82) is 0 Å². The Hall–Kier alpha value is -0.800. The Morgan fingerprint density at radius 2 is 2.56 bits per heavy atom. The van der Waals surface area contributed by atoms with Gasteiger partial charge in [0.1, 0.15) is 6.10 Å². The minimum atomic E-state index is -0.0417. The average molecular weight is 126 g/mol. The molecule has 9 heavy (non-hydrogen) atoms. The second kappa shape index (κ2) is 2.66. The molecule has 1 atom stereocenters. The van der Waals surface area contributed by atoms with Gasteiger partial charge in [-0.2, -0.15) is 0 Å². The molecule has 3 N–H and O–H groups in total. The number of hydrogen-bond acceptors (Lipinski definition) is 2. The van der Waals surface area contributed by atoms with Gasteiger partial charge in [0.2, 0.25) is 0 Å². The van der Waals surface area contributed by atoms with Gasteiger partial charge in [-0.25, -0.2) is 5.90 Å². The summed E-state index contributed by atoms with van der Waals surface area (Å²) in [5, 5.41) is 0. The van der Waals surface area contributed by atoms with Gasteiger partial charge in [-0.15, -0.1) is 0 Å². The van der Waals surface area contributed by atoms with E-state index in [9.17, 15) is 0 Å². The maximum atomic E-state index is 4.94. The Morgan fingerprint density at radius 1 is 1.78 bits per heavy atom. The van der Waals surface area contributed by atoms with Crippen LogP contribution in [0.3, 0.4) is 0 Å². The van der Waals surface area contributed by atoms with Crippen LogP contribution in [0.15, 0.2) is 18.3 Å². The quantitative estimate of drug-likeness (QED) is 0.580. The van der Waals surface area contributed by atoms with Gasteiger partial charge >= 0.3 is 0 Å². The number of rotatable bonds is 2. The molecule has 0 radical (unpaired) electrons. The summed E-state index contributed by atoms with van der Waals surface area (Å²) in [7, 11) is 0. The monoisotopic (exact) mass is 126 g/mol. The fourth-order valence-electron chi connectivity index (χ4n) is 0.670. The van der Waals surface area contributed by atoms with Crippen molar-refractivity contribution in [1.82, 2.24) is 4.98 Å². The summed E-state index contributed by atoms with van der Waals surface area (Å²) in [6, 6.07) is 3.84. The highest BCUT2D eigenvalue weighted by Gasteiger charge is 2.01. The van der Waals surface area contributed by atoms with Crippen molar-refractivity contribution in [2.45, 2.75) is 13.0 Å². The molecule has 1 aromatic heterocycles. The van der Waals surface area contributed by atoms with E-state index in [2.05, 4.69) is 9.82 Å². The first-order valence-electron chi connectivity index (χ1n) is 2.83. The highest BCUT2D eigenvalue weighted by molar-refractivity contribution is 5.05. The van der Waals surface area contributed by atoms with E-state index in [1.165, 1.54) is 0 Å². The third kappa shape index (κ3) is 1.31. The normalized spacial score (nSPS) is 13.6. The topological polar surface area (TPSA) is 51.0 Å². The largest absolute Gasteiger partial charge is 0.363 e. The summed E-state index contributed by atoms with van der Waals surface area (Å²) < 4.78 is 0. The van der Waals surface area contributed by atoms with Gasteiger partial charge in [0.25, 0.3) is 0 Å². The van der Waals surface area contributed by atoms with Crippen molar-refractivity contribution in [3.63, 3.8) is 0 Å². The van der Waals surface area contributed by atoms with Crippen LogP contribution < -0.4 is 5.90 Å². The highest BCUT2D eigenvalue weighted by Crippen LogP contribution is 2.10. The molecular formula is C6H10N2O. The molecule has 1 aromatic rings. The van der Waals surface area contributed by atoms with Crippen LogP contribution in [0.25, 0.3) is 0 Å². The van der Waals surface area contributed by atoms with Crippen LogP contribution in [0.2, 0.25) is 0 Å². The van der Waals surface area contributed by atoms with Crippen molar-refractivity contribution in [2.75, 3.05) is 0 Å². The van der Waals surface area contributed by atoms with E-state index >= 15 is 0 Å². The minimum absolute atomic E-state index is 0.0417. The lowest BCUT2D eigenvalue weighted by Gasteiger charge is -2.03. The molecule has 3 heteroatoms. The van der Waals surface area contributed by atoms with Gasteiger partial charge in [-0.1, -0.05) is 0 Å². The van der Waals surface area contributed by atoms with Gasteiger partial charge in [-0.3, -0.25) is 4.84 Å². The minimum Gasteiger partial charge on any atom is -0.363 e. The SMILES string of the molecule is CC(ON)c1ccc[nH]1. The van der Waals surface area contributed by atoms with Gasteiger partial charge < -0.3 is 4.98 Å². The molecule has 1 heterocycles. The molecule has 0 saturated carbocycles. The number of H-pyrrole nitrogens is 1. The fourth-order valence-corrected chi connectivity index (χ4v) is 0.670. The zero-order valence-electron chi connectivity index (χ0n) is 5.29. The molecule has 1 unspecified atom stereocenters. The standard InChI is InChI=1S/C6H10N2O/c1-5(9-7)6-3-2-4-8-6/h2-5,8H,7H2,1H3. The van der Waals surface area contributed by atoms with Crippen LogP contribution in [0.4, 0.5) is 0 Å². The number of nitrogens with two attached hydrogens (primary N) is 1. The third-order valence-electron chi connectivity index (χ3n) is 1.26. The zero-order valence-corrected chi connectivity index (χ0v) is 5.29. The lowest BCUT2D eigenvalue weighted by Crippen LogP contribution is -2.05. The zero-order chi connectivity index (χ0) is 6.69. The molecule has 0 amide bonds. The fraction of sp³-hybridized carbons (Fsp3) is 0.333. The van der Waals surface area contributed by atoms with Gasteiger partial charge in [0.15, 0.2) is 0 Å². The van der Waals surface area contributed by atoms with Crippen LogP contribution in [0, 0.1) is 0 Å². The predicted octanol–water partition coefficient (Wildman–Crippen LogP) is 0.966. The molecule has 0 fully saturated rings. The van der Waals surface area contributed by atoms with E-state index in [-0.39, 0.29) is 6.10 Å². The molecule has 1 rings (SSSR count). The molecule has 0 aromatic carbocycles. The number of hydrogen-bond donors (Lipinski definition) is 2. The summed E-state index contributed by atoms with van der Waals surface area (Å²) >= 11 is 0. The number of aromatic amines is 1. The van der Waals surface area contributed by atoms with E-state index in [1.54, 1.807) is 0 Å². The molecule has 3 nitrogen and oxygen atoms in total. The Kier molecular flexibility index (Phi) is 1.87. The maximum absolute atomic E-state index is 4.94. The predicted molar refractivity (Wildman–Crippen MR) is 34.5 cm³/mol. The molecule has 0 bridgehead atoms. The highest BCUT2D eigenvalue weighted by atomic mass is 16.6. The summed E-state index contributed by atoms with van der Waals surface area (Å²) in [6.45, 7) is 1.88. The second-order valence-electron chi connectivity index (χ2n) is 1.90. The summed E-state index contributed by atoms with van der Waals surface area (Å²) in [6.07, 6.45) is 1.80. The maximum Gasteiger partial charge on any atom is 0.116 e. The van der Waals surface area contributed by atoms with Gasteiger partial charge in [0, 0.05) is 11.9 Å². The van der Waals surface area contributed by atoms with Crippen molar-refractivity contribution in [2.24, 2.45) is 5.90 Å². The van der Waals surface area contributed by atoms with E-state index in [4.69, 9.17) is 5.90 Å². The first-order chi connectivity index (χ1) is 4.34. The van der Waals surface area contributed by atoms with Gasteiger partial charge in [-0.05, 0) is 19.1 Å². The van der Waals surface area contributed by atoms with Crippen LogP contribution in [-0.4, -0.2) is 4.98 Å². The van der Waals surface area contributed by atoms with Crippen LogP contribution in [-0.2, 0) is 4.84 Å². The summed E-state index contributed by atoms with van der Waals surface area (Å²) in [5.41, 5.74) is 0.998. The van der Waals surface area contributed by atoms with Crippen molar-refractivity contribution >= 4 is 0 Å². The van der Waals surface area contributed by atoms with Crippen molar-refractivity contribution in [3.8, 4) is 0 Å². The Morgan fingerprint density at radius 3 is 3.00 bits per heavy atom. The number of aromatic nitrogens is 1. The van der Waals surface area contributed by atoms with E-state index < -0.39 is 0 Å². The summed E-state index contributed by atoms with van der Waals surface area (Å²) in [4.78, 5) is 7.55.